The highest BCUT2D eigenvalue weighted by atomic mass is 35.5. The molecule has 2 aromatic heterocycles. The van der Waals surface area contributed by atoms with Crippen molar-refractivity contribution in [1.29, 1.82) is 0 Å². The summed E-state index contributed by atoms with van der Waals surface area (Å²) in [5, 5.41) is 17.2. The number of thioether (sulfide) groups is 1. The smallest absolute Gasteiger partial charge is 0.352 e. The zero-order chi connectivity index (χ0) is 25.1. The number of nitrogens with two attached hydrogens (primary N) is 1. The molecule has 4 rings (SSSR count). The molecule has 0 saturated carbocycles. The summed E-state index contributed by atoms with van der Waals surface area (Å²) in [7, 11) is 0. The third kappa shape index (κ3) is 6.51. The maximum Gasteiger partial charge on any atom is 0.352 e. The van der Waals surface area contributed by atoms with Crippen LogP contribution in [0.25, 0.3) is 0 Å². The second-order valence-electron chi connectivity index (χ2n) is 7.26. The van der Waals surface area contributed by atoms with Gasteiger partial charge in [-0.2, -0.15) is 0 Å². The molecular weight excluding hydrogens is 573 g/mol. The molecular formula is C19H21Cl2N7O7S2. The van der Waals surface area contributed by atoms with Crippen LogP contribution in [0.15, 0.2) is 34.3 Å². The molecule has 200 valence electrons. The molecule has 1 saturated heterocycles. The number of carbonyl (C=O) groups is 4. The van der Waals surface area contributed by atoms with Gasteiger partial charge >= 0.3 is 11.9 Å². The highest BCUT2D eigenvalue weighted by Crippen LogP contribution is 2.40. The van der Waals surface area contributed by atoms with Crippen LogP contribution >= 0.6 is 47.9 Å². The number of halogens is 2. The number of anilines is 1. The first-order chi connectivity index (χ1) is 16.8. The highest BCUT2D eigenvalue weighted by molar-refractivity contribution is 8.00. The summed E-state index contributed by atoms with van der Waals surface area (Å²) in [4.78, 5) is 65.9. The van der Waals surface area contributed by atoms with Gasteiger partial charge in [0.15, 0.2) is 17.5 Å². The zero-order valence-electron chi connectivity index (χ0n) is 18.9. The van der Waals surface area contributed by atoms with Crippen LogP contribution in [0.1, 0.15) is 18.3 Å². The quantitative estimate of drug-likeness (QED) is 0.136. The van der Waals surface area contributed by atoms with Gasteiger partial charge in [0.25, 0.3) is 11.8 Å². The van der Waals surface area contributed by atoms with Crippen LogP contribution < -0.4 is 11.1 Å². The number of imidazole rings is 1. The second kappa shape index (κ2) is 12.8. The topological polar surface area (TPSA) is 202 Å². The van der Waals surface area contributed by atoms with Gasteiger partial charge in [-0.25, -0.2) is 14.8 Å². The van der Waals surface area contributed by atoms with Crippen molar-refractivity contribution < 1.29 is 33.9 Å². The van der Waals surface area contributed by atoms with E-state index in [1.165, 1.54) is 36.6 Å². The summed E-state index contributed by atoms with van der Waals surface area (Å²) in [6.07, 6.45) is 2.99. The van der Waals surface area contributed by atoms with E-state index >= 15 is 0 Å². The Kier molecular flexibility index (Phi) is 10.3. The third-order valence-corrected chi connectivity index (χ3v) is 6.91. The van der Waals surface area contributed by atoms with Crippen molar-refractivity contribution in [2.75, 3.05) is 18.1 Å². The molecule has 2 aromatic rings. The summed E-state index contributed by atoms with van der Waals surface area (Å²) in [5.41, 5.74) is 6.29. The maximum atomic E-state index is 13.0. The largest absolute Gasteiger partial charge is 0.477 e. The first-order valence-corrected chi connectivity index (χ1v) is 11.9. The van der Waals surface area contributed by atoms with Gasteiger partial charge in [-0.05, 0) is 0 Å². The van der Waals surface area contributed by atoms with E-state index in [2.05, 4.69) is 25.4 Å². The Bertz CT molecular complexity index is 1240. The number of β-lactam (4-membered cyclic amide) rings is 1. The molecule has 0 aromatic carbocycles. The number of aromatic amines is 1. The number of carboxylic acid groups (broad SMARTS) is 1. The van der Waals surface area contributed by atoms with Crippen LogP contribution in [0, 0.1) is 0 Å². The van der Waals surface area contributed by atoms with Crippen molar-refractivity contribution in [2.45, 2.75) is 24.9 Å². The summed E-state index contributed by atoms with van der Waals surface area (Å²) in [6, 6.07) is -1.01. The number of nitrogen functional groups attached to an aromatic ring is 1. The number of aliphatic carboxylic acids is 1. The van der Waals surface area contributed by atoms with Crippen LogP contribution in [0.4, 0.5) is 5.13 Å². The lowest BCUT2D eigenvalue weighted by atomic mass is 10.0. The lowest BCUT2D eigenvalue weighted by Gasteiger charge is -2.49. The average molecular weight is 594 g/mol. The number of H-pyrrole nitrogens is 1. The molecule has 2 aliphatic rings. The number of nitrogens with zero attached hydrogens (tertiary/aromatic N) is 4. The molecule has 5 N–H and O–H groups in total. The number of hydrogen-bond acceptors (Lipinski definition) is 12. The molecule has 0 unspecified atom stereocenters. The van der Waals surface area contributed by atoms with Crippen LogP contribution in [0.3, 0.4) is 0 Å². The Labute approximate surface area is 229 Å². The van der Waals surface area contributed by atoms with Crippen molar-refractivity contribution in [3.05, 3.63) is 40.6 Å². The van der Waals surface area contributed by atoms with Crippen molar-refractivity contribution >= 4 is 82.5 Å². The fraction of sp³-hybridized carbons (Fsp3) is 0.316. The number of carbonyl (C=O) groups excluding carboxylic acids is 3. The van der Waals surface area contributed by atoms with Crippen molar-refractivity contribution in [1.82, 2.24) is 25.2 Å². The number of carboxylic acids is 1. The van der Waals surface area contributed by atoms with E-state index in [1.807, 2.05) is 0 Å². The Morgan fingerprint density at radius 3 is 2.70 bits per heavy atom. The Balaban J connectivity index is 0.00000241. The Morgan fingerprint density at radius 2 is 2.11 bits per heavy atom. The monoisotopic (exact) mass is 593 g/mol. The van der Waals surface area contributed by atoms with E-state index in [9.17, 15) is 24.3 Å². The maximum absolute atomic E-state index is 13.0. The van der Waals surface area contributed by atoms with Gasteiger partial charge in [-0.1, -0.05) is 5.16 Å². The van der Waals surface area contributed by atoms with Gasteiger partial charge < -0.3 is 30.7 Å². The number of ether oxygens (including phenoxy) is 1. The molecule has 2 amide bonds. The SMILES string of the molecule is CC(=O)OCC1=C(C(=O)O)N2C(=O)[C@@H](NC(=O)/C(=N/OCc3cnc[nH]3)c3csc(N)n3)[C@H]2SC1.Cl.Cl. The van der Waals surface area contributed by atoms with E-state index in [0.717, 1.165) is 16.2 Å². The summed E-state index contributed by atoms with van der Waals surface area (Å²) in [5.74, 6) is -3.07. The van der Waals surface area contributed by atoms with Gasteiger partial charge in [0.2, 0.25) is 0 Å². The number of aromatic nitrogens is 3. The van der Waals surface area contributed by atoms with E-state index in [4.69, 9.17) is 15.3 Å². The van der Waals surface area contributed by atoms with E-state index in [-0.39, 0.29) is 66.0 Å². The fourth-order valence-electron chi connectivity index (χ4n) is 3.32. The predicted octanol–water partition coefficient (Wildman–Crippen LogP) is 0.515. The minimum absolute atomic E-state index is 0. The molecule has 14 nitrogen and oxygen atoms in total. The molecule has 37 heavy (non-hydrogen) atoms. The number of nitrogens with one attached hydrogen (secondary N) is 2. The Morgan fingerprint density at radius 1 is 1.35 bits per heavy atom. The number of rotatable bonds is 9. The molecule has 0 spiro atoms. The van der Waals surface area contributed by atoms with Gasteiger partial charge in [0, 0.05) is 23.6 Å². The number of hydrogen-bond donors (Lipinski definition) is 4. The van der Waals surface area contributed by atoms with Crippen LogP contribution in [-0.2, 0) is 35.4 Å². The van der Waals surface area contributed by atoms with Crippen molar-refractivity contribution in [3.8, 4) is 0 Å². The van der Waals surface area contributed by atoms with Gasteiger partial charge in [0.05, 0.1) is 18.2 Å². The van der Waals surface area contributed by atoms with E-state index in [0.29, 0.717) is 11.3 Å². The molecule has 0 bridgehead atoms. The summed E-state index contributed by atoms with van der Waals surface area (Å²) in [6.45, 7) is 0.962. The molecule has 0 radical (unpaired) electrons. The Hall–Kier alpha value is -3.34. The van der Waals surface area contributed by atoms with Crippen LogP contribution in [-0.4, -0.2) is 78.2 Å². The minimum Gasteiger partial charge on any atom is -0.477 e. The molecule has 18 heteroatoms. The molecule has 2 aliphatic heterocycles. The van der Waals surface area contributed by atoms with Crippen LogP contribution in [0.2, 0.25) is 0 Å². The van der Waals surface area contributed by atoms with E-state index in [1.54, 1.807) is 0 Å². The summed E-state index contributed by atoms with van der Waals surface area (Å²) >= 11 is 2.33. The minimum atomic E-state index is -1.33. The molecule has 0 aliphatic carbocycles. The van der Waals surface area contributed by atoms with Gasteiger partial charge in [-0.15, -0.1) is 47.9 Å². The van der Waals surface area contributed by atoms with Crippen molar-refractivity contribution in [3.63, 3.8) is 0 Å². The molecule has 4 heterocycles. The number of fused-ring (bicyclic) bond motifs is 1. The second-order valence-corrected chi connectivity index (χ2v) is 9.25. The lowest BCUT2D eigenvalue weighted by molar-refractivity contribution is -0.150. The first kappa shape index (κ1) is 29.9. The molecule has 2 atom stereocenters. The first-order valence-electron chi connectivity index (χ1n) is 9.99. The normalized spacial score (nSPS) is 18.6. The lowest BCUT2D eigenvalue weighted by Crippen LogP contribution is -2.71. The predicted molar refractivity (Wildman–Crippen MR) is 137 cm³/mol. The fourth-order valence-corrected chi connectivity index (χ4v) is 5.20. The van der Waals surface area contributed by atoms with Crippen LogP contribution in [0.5, 0.6) is 0 Å². The third-order valence-electron chi connectivity index (χ3n) is 4.90. The number of thiazole rings is 1. The standard InChI is InChI=1S/C19H19N7O7S2.2ClH/c1-8(27)32-3-9-5-34-17-13(16(29)26(17)14(9)18(30)31)24-15(28)12(11-6-35-19(20)23-11)25-33-4-10-2-21-7-22-10;;/h2,6-7,13,17H,3-5H2,1H3,(H2,20,23)(H,21,22)(H,24,28)(H,30,31);2*1H/b25-12+;;/t13-,17-;;/m1../s1. The number of oxime groups is 1. The highest BCUT2D eigenvalue weighted by Gasteiger charge is 2.54. The number of amides is 2. The zero-order valence-corrected chi connectivity index (χ0v) is 22.2. The summed E-state index contributed by atoms with van der Waals surface area (Å²) < 4.78 is 4.91. The van der Waals surface area contributed by atoms with Gasteiger partial charge in [-0.3, -0.25) is 19.3 Å². The average Bonchev–Trinajstić information content (AvgIpc) is 3.49. The number of esters is 1. The van der Waals surface area contributed by atoms with E-state index < -0.39 is 35.2 Å². The van der Waals surface area contributed by atoms with Crippen molar-refractivity contribution in [2.24, 2.45) is 5.16 Å². The molecule has 1 fully saturated rings. The van der Waals surface area contributed by atoms with Gasteiger partial charge in [0.1, 0.15) is 29.4 Å².